The largest absolute Gasteiger partial charge is 0.459 e. The van der Waals surface area contributed by atoms with Gasteiger partial charge in [-0.1, -0.05) is 18.9 Å². The standard InChI is InChI=1S/C25H32BNO9/c1-3-4-14(9-16-6-7-17(13-29)35-16)5-8-20-21-15(12-28)10-18-22(19(21)11-26(33)36-20)24(31)27(23(18)30)25(32)34-2/h6-7,9,18-20,22,28-29,33H,3-5,8,10-13H2,1-2H3/b14-9+/t18-,19+,20-,22-/m1/s1. The maximum Gasteiger partial charge on any atom is 0.455 e. The second kappa shape index (κ2) is 11.1. The molecule has 0 unspecified atom stereocenters. The van der Waals surface area contributed by atoms with Gasteiger partial charge >= 0.3 is 13.2 Å². The van der Waals surface area contributed by atoms with Crippen molar-refractivity contribution in [3.8, 4) is 0 Å². The number of methoxy groups -OCH3 is 1. The summed E-state index contributed by atoms with van der Waals surface area (Å²) in [5, 5.41) is 30.0. The van der Waals surface area contributed by atoms with E-state index < -0.39 is 48.9 Å². The zero-order valence-corrected chi connectivity index (χ0v) is 20.5. The topological polar surface area (TPSA) is 147 Å². The van der Waals surface area contributed by atoms with Gasteiger partial charge in [0.05, 0.1) is 31.7 Å². The van der Waals surface area contributed by atoms with Gasteiger partial charge in [0.2, 0.25) is 11.8 Å². The van der Waals surface area contributed by atoms with E-state index in [1.807, 2.05) is 6.08 Å². The third-order valence-corrected chi connectivity index (χ3v) is 7.34. The summed E-state index contributed by atoms with van der Waals surface area (Å²) in [5.74, 6) is -2.27. The fraction of sp³-hybridized carbons (Fsp3) is 0.560. The van der Waals surface area contributed by atoms with Crippen molar-refractivity contribution >= 4 is 31.1 Å². The molecule has 4 atom stereocenters. The maximum absolute atomic E-state index is 13.2. The van der Waals surface area contributed by atoms with E-state index in [9.17, 15) is 29.6 Å². The van der Waals surface area contributed by atoms with Crippen LogP contribution < -0.4 is 0 Å². The average Bonchev–Trinajstić information content (AvgIpc) is 3.42. The SMILES string of the molecule is CCC/C(=C\c1ccc(CO)o1)CC[C@H]1OB(O)C[C@H]2C1=C(CO)C[C@H]1C(=O)N(C(=O)OC)C(=O)[C@H]12. The predicted octanol–water partition coefficient (Wildman–Crippen LogP) is 2.29. The van der Waals surface area contributed by atoms with E-state index in [2.05, 4.69) is 11.7 Å². The van der Waals surface area contributed by atoms with Crippen molar-refractivity contribution in [2.75, 3.05) is 13.7 Å². The summed E-state index contributed by atoms with van der Waals surface area (Å²) in [6, 6.07) is 3.51. The molecule has 0 aromatic carbocycles. The number of amides is 3. The number of ether oxygens (including phenoxy) is 1. The monoisotopic (exact) mass is 501 g/mol. The molecule has 1 aromatic rings. The van der Waals surface area contributed by atoms with E-state index in [0.717, 1.165) is 31.1 Å². The minimum Gasteiger partial charge on any atom is -0.459 e. The van der Waals surface area contributed by atoms with Crippen molar-refractivity contribution in [1.82, 2.24) is 4.90 Å². The predicted molar refractivity (Wildman–Crippen MR) is 128 cm³/mol. The molecule has 2 saturated heterocycles. The van der Waals surface area contributed by atoms with Crippen LogP contribution in [0.25, 0.3) is 6.08 Å². The number of hydrogen-bond donors (Lipinski definition) is 3. The van der Waals surface area contributed by atoms with Gasteiger partial charge < -0.3 is 29.0 Å². The molecule has 0 spiro atoms. The van der Waals surface area contributed by atoms with Crippen LogP contribution in [0.4, 0.5) is 4.79 Å². The number of likely N-dealkylation sites (tertiary alicyclic amines) is 1. The summed E-state index contributed by atoms with van der Waals surface area (Å²) < 4.78 is 16.1. The van der Waals surface area contributed by atoms with Crippen molar-refractivity contribution in [2.45, 2.75) is 58.1 Å². The molecule has 4 rings (SSSR count). The number of furan rings is 1. The summed E-state index contributed by atoms with van der Waals surface area (Å²) in [6.07, 6.45) is 3.43. The van der Waals surface area contributed by atoms with Gasteiger partial charge in [0.25, 0.3) is 0 Å². The third-order valence-electron chi connectivity index (χ3n) is 7.34. The molecular weight excluding hydrogens is 469 g/mol. The van der Waals surface area contributed by atoms with Crippen molar-refractivity contribution in [3.05, 3.63) is 40.4 Å². The molecule has 10 nitrogen and oxygen atoms in total. The summed E-state index contributed by atoms with van der Waals surface area (Å²) >= 11 is 0. The molecule has 3 N–H and O–H groups in total. The normalized spacial score (nSPS) is 26.4. The van der Waals surface area contributed by atoms with Gasteiger partial charge in [-0.05, 0) is 67.3 Å². The number of aliphatic hydroxyl groups excluding tert-OH is 2. The number of carbonyl (C=O) groups is 3. The van der Waals surface area contributed by atoms with Crippen LogP contribution in [-0.2, 0) is 25.6 Å². The van der Waals surface area contributed by atoms with Crippen LogP contribution in [0.15, 0.2) is 33.3 Å². The summed E-state index contributed by atoms with van der Waals surface area (Å²) in [4.78, 5) is 38.7. The first-order valence-corrected chi connectivity index (χ1v) is 12.3. The number of fused-ring (bicyclic) bond motifs is 3. The summed E-state index contributed by atoms with van der Waals surface area (Å²) in [7, 11) is -0.0373. The van der Waals surface area contributed by atoms with Crippen molar-refractivity contribution in [1.29, 1.82) is 0 Å². The first-order chi connectivity index (χ1) is 17.3. The second-order valence-corrected chi connectivity index (χ2v) is 9.51. The van der Waals surface area contributed by atoms with Crippen molar-refractivity contribution in [3.63, 3.8) is 0 Å². The Morgan fingerprint density at radius 3 is 2.61 bits per heavy atom. The van der Waals surface area contributed by atoms with Gasteiger partial charge in [-0.15, -0.1) is 0 Å². The first-order valence-electron chi connectivity index (χ1n) is 12.3. The second-order valence-electron chi connectivity index (χ2n) is 9.51. The molecule has 3 aliphatic rings. The number of nitrogens with zero attached hydrogens (tertiary/aromatic N) is 1. The highest BCUT2D eigenvalue weighted by atomic mass is 16.5. The highest BCUT2D eigenvalue weighted by Gasteiger charge is 2.59. The first kappa shape index (κ1) is 26.3. The zero-order chi connectivity index (χ0) is 26.0. The van der Waals surface area contributed by atoms with Crippen molar-refractivity contribution < 1.29 is 43.4 Å². The zero-order valence-electron chi connectivity index (χ0n) is 20.5. The quantitative estimate of drug-likeness (QED) is 0.277. The van der Waals surface area contributed by atoms with E-state index in [1.54, 1.807) is 12.1 Å². The van der Waals surface area contributed by atoms with E-state index in [1.165, 1.54) is 0 Å². The van der Waals surface area contributed by atoms with Crippen LogP contribution in [0, 0.1) is 17.8 Å². The highest BCUT2D eigenvalue weighted by molar-refractivity contribution is 6.43. The van der Waals surface area contributed by atoms with Gasteiger partial charge in [0.1, 0.15) is 18.1 Å². The Labute approximate surface area is 209 Å². The van der Waals surface area contributed by atoms with Gasteiger partial charge in [0.15, 0.2) is 0 Å². The highest BCUT2D eigenvalue weighted by Crippen LogP contribution is 2.50. The minimum absolute atomic E-state index is 0.0958. The average molecular weight is 501 g/mol. The molecule has 3 amide bonds. The Bertz CT molecular complexity index is 1080. The minimum atomic E-state index is -1.15. The molecule has 0 radical (unpaired) electrons. The molecule has 1 aromatic heterocycles. The number of hydrogen-bond acceptors (Lipinski definition) is 9. The molecule has 3 heterocycles. The Morgan fingerprint density at radius 1 is 1.19 bits per heavy atom. The van der Waals surface area contributed by atoms with E-state index in [-0.39, 0.29) is 26.0 Å². The molecule has 2 fully saturated rings. The lowest BCUT2D eigenvalue weighted by Crippen LogP contribution is -2.46. The molecule has 36 heavy (non-hydrogen) atoms. The number of imide groups is 3. The molecular formula is C25H32BNO9. The lowest BCUT2D eigenvalue weighted by atomic mass is 9.58. The Kier molecular flexibility index (Phi) is 8.14. The third kappa shape index (κ3) is 4.93. The molecule has 1 aliphatic carbocycles. The van der Waals surface area contributed by atoms with E-state index in [4.69, 9.17) is 9.07 Å². The summed E-state index contributed by atoms with van der Waals surface area (Å²) in [6.45, 7) is 1.58. The van der Waals surface area contributed by atoms with Gasteiger partial charge in [-0.3, -0.25) is 9.59 Å². The Balaban J connectivity index is 1.60. The van der Waals surface area contributed by atoms with Crippen LogP contribution in [-0.4, -0.2) is 65.0 Å². The molecule has 2 aliphatic heterocycles. The van der Waals surface area contributed by atoms with Crippen molar-refractivity contribution in [2.24, 2.45) is 17.8 Å². The lowest BCUT2D eigenvalue weighted by Gasteiger charge is -2.42. The van der Waals surface area contributed by atoms with Crippen LogP contribution in [0.1, 0.15) is 50.5 Å². The van der Waals surface area contributed by atoms with Crippen LogP contribution in [0.3, 0.4) is 0 Å². The number of rotatable bonds is 8. The van der Waals surface area contributed by atoms with Crippen LogP contribution in [0.5, 0.6) is 0 Å². The Hall–Kier alpha value is -2.73. The molecule has 194 valence electrons. The summed E-state index contributed by atoms with van der Waals surface area (Å²) in [5.41, 5.74) is 2.46. The number of allylic oxidation sites excluding steroid dienone is 1. The number of carbonyl (C=O) groups excluding carboxylic acids is 3. The molecule has 0 bridgehead atoms. The van der Waals surface area contributed by atoms with Crippen LogP contribution >= 0.6 is 0 Å². The Morgan fingerprint density at radius 2 is 1.97 bits per heavy atom. The smallest absolute Gasteiger partial charge is 0.455 e. The molecule has 11 heteroatoms. The van der Waals surface area contributed by atoms with Gasteiger partial charge in [-0.2, -0.15) is 4.90 Å². The van der Waals surface area contributed by atoms with E-state index in [0.29, 0.717) is 34.8 Å². The lowest BCUT2D eigenvalue weighted by molar-refractivity contribution is -0.137. The van der Waals surface area contributed by atoms with Crippen LogP contribution in [0.2, 0.25) is 6.32 Å². The van der Waals surface area contributed by atoms with Gasteiger partial charge in [-0.25, -0.2) is 4.79 Å². The van der Waals surface area contributed by atoms with Gasteiger partial charge in [0, 0.05) is 0 Å². The maximum atomic E-state index is 13.2. The fourth-order valence-corrected chi connectivity index (χ4v) is 5.85. The van der Waals surface area contributed by atoms with E-state index >= 15 is 0 Å². The fourth-order valence-electron chi connectivity index (χ4n) is 5.85. The molecule has 0 saturated carbocycles. The number of aliphatic hydroxyl groups is 2.